The maximum atomic E-state index is 12.4. The number of piperidine rings is 1. The molecule has 0 radical (unpaired) electrons. The minimum absolute atomic E-state index is 0.196. The molecule has 0 bridgehead atoms. The Balaban J connectivity index is 1.57. The monoisotopic (exact) mass is 386 g/mol. The van der Waals surface area contributed by atoms with Crippen molar-refractivity contribution >= 4 is 23.4 Å². The lowest BCUT2D eigenvalue weighted by molar-refractivity contribution is -0.118. The summed E-state index contributed by atoms with van der Waals surface area (Å²) in [6.07, 6.45) is 3.84. The van der Waals surface area contributed by atoms with Gasteiger partial charge in [-0.2, -0.15) is 5.10 Å². The quantitative estimate of drug-likeness (QED) is 0.674. The van der Waals surface area contributed by atoms with Crippen molar-refractivity contribution in [3.8, 4) is 5.75 Å². The van der Waals surface area contributed by atoms with Crippen LogP contribution in [0.15, 0.2) is 36.5 Å². The molecular formula is C19H26N6O3. The van der Waals surface area contributed by atoms with Crippen LogP contribution in [-0.4, -0.2) is 53.4 Å². The zero-order valence-electron chi connectivity index (χ0n) is 15.9. The second-order valence-electron chi connectivity index (χ2n) is 6.73. The number of nitrogens with one attached hydrogen (secondary N) is 2. The van der Waals surface area contributed by atoms with Crippen LogP contribution >= 0.6 is 0 Å². The first-order chi connectivity index (χ1) is 13.6. The first-order valence-corrected chi connectivity index (χ1v) is 9.32. The number of likely N-dealkylation sites (tertiary alicyclic amines) is 1. The number of anilines is 2. The SMILES string of the molecule is COc1ccccc1NC(=O)Nc1ccnn1C1CCN(CCC(N)=O)CC1. The summed E-state index contributed by atoms with van der Waals surface area (Å²) in [7, 11) is 1.56. The van der Waals surface area contributed by atoms with E-state index in [0.29, 0.717) is 30.2 Å². The summed E-state index contributed by atoms with van der Waals surface area (Å²) in [6, 6.07) is 8.85. The third-order valence-corrected chi connectivity index (χ3v) is 4.84. The lowest BCUT2D eigenvalue weighted by atomic mass is 10.1. The minimum atomic E-state index is -0.356. The van der Waals surface area contributed by atoms with Crippen LogP contribution in [0.2, 0.25) is 0 Å². The van der Waals surface area contributed by atoms with E-state index in [4.69, 9.17) is 10.5 Å². The van der Waals surface area contributed by atoms with Crippen LogP contribution < -0.4 is 21.1 Å². The van der Waals surface area contributed by atoms with E-state index in [2.05, 4.69) is 20.6 Å². The zero-order chi connectivity index (χ0) is 19.9. The molecule has 4 N–H and O–H groups in total. The molecule has 1 aromatic heterocycles. The fourth-order valence-corrected chi connectivity index (χ4v) is 3.38. The second-order valence-corrected chi connectivity index (χ2v) is 6.73. The molecule has 9 nitrogen and oxygen atoms in total. The average Bonchev–Trinajstić information content (AvgIpc) is 3.15. The number of methoxy groups -OCH3 is 1. The average molecular weight is 386 g/mol. The van der Waals surface area contributed by atoms with Gasteiger partial charge in [0.25, 0.3) is 0 Å². The van der Waals surface area contributed by atoms with E-state index in [0.717, 1.165) is 25.9 Å². The number of nitrogens with zero attached hydrogens (tertiary/aromatic N) is 3. The van der Waals surface area contributed by atoms with Gasteiger partial charge in [-0.25, -0.2) is 9.48 Å². The summed E-state index contributed by atoms with van der Waals surface area (Å²) < 4.78 is 7.11. The van der Waals surface area contributed by atoms with Gasteiger partial charge in [0.05, 0.1) is 25.0 Å². The van der Waals surface area contributed by atoms with E-state index >= 15 is 0 Å². The van der Waals surface area contributed by atoms with E-state index in [1.165, 1.54) is 0 Å². The van der Waals surface area contributed by atoms with Crippen LogP contribution in [0.4, 0.5) is 16.3 Å². The van der Waals surface area contributed by atoms with Crippen LogP contribution in [0, 0.1) is 0 Å². The molecule has 1 aliphatic heterocycles. The number of benzene rings is 1. The summed E-state index contributed by atoms with van der Waals surface area (Å²) in [4.78, 5) is 25.6. The van der Waals surface area contributed by atoms with E-state index in [1.54, 1.807) is 31.5 Å². The Morgan fingerprint density at radius 3 is 2.68 bits per heavy atom. The summed E-state index contributed by atoms with van der Waals surface area (Å²) in [5, 5.41) is 10.0. The molecule has 0 atom stereocenters. The van der Waals surface area contributed by atoms with Gasteiger partial charge in [-0.15, -0.1) is 0 Å². The molecule has 150 valence electrons. The summed E-state index contributed by atoms with van der Waals surface area (Å²) in [6.45, 7) is 2.42. The number of urea groups is 1. The van der Waals surface area contributed by atoms with Gasteiger partial charge in [-0.05, 0) is 25.0 Å². The lowest BCUT2D eigenvalue weighted by Crippen LogP contribution is -2.37. The van der Waals surface area contributed by atoms with E-state index in [9.17, 15) is 9.59 Å². The predicted molar refractivity (Wildman–Crippen MR) is 106 cm³/mol. The number of ether oxygens (including phenoxy) is 1. The highest BCUT2D eigenvalue weighted by Crippen LogP contribution is 2.26. The third kappa shape index (κ3) is 5.01. The zero-order valence-corrected chi connectivity index (χ0v) is 15.9. The topological polar surface area (TPSA) is 115 Å². The molecular weight excluding hydrogens is 360 g/mol. The Morgan fingerprint density at radius 2 is 1.96 bits per heavy atom. The molecule has 3 amide bonds. The van der Waals surface area contributed by atoms with Crippen molar-refractivity contribution < 1.29 is 14.3 Å². The van der Waals surface area contributed by atoms with Gasteiger partial charge in [0, 0.05) is 32.1 Å². The second kappa shape index (κ2) is 9.23. The number of aromatic nitrogens is 2. The molecule has 1 aromatic carbocycles. The molecule has 0 unspecified atom stereocenters. The van der Waals surface area contributed by atoms with Crippen molar-refractivity contribution in [3.05, 3.63) is 36.5 Å². The Kier molecular flexibility index (Phi) is 6.49. The van der Waals surface area contributed by atoms with Crippen LogP contribution in [0.25, 0.3) is 0 Å². The Morgan fingerprint density at radius 1 is 1.21 bits per heavy atom. The van der Waals surface area contributed by atoms with Crippen LogP contribution in [-0.2, 0) is 4.79 Å². The maximum Gasteiger partial charge on any atom is 0.324 e. The van der Waals surface area contributed by atoms with Gasteiger partial charge >= 0.3 is 6.03 Å². The van der Waals surface area contributed by atoms with Gasteiger partial charge in [0.15, 0.2) is 0 Å². The van der Waals surface area contributed by atoms with Crippen molar-refractivity contribution in [2.45, 2.75) is 25.3 Å². The molecule has 0 spiro atoms. The summed E-state index contributed by atoms with van der Waals surface area (Å²) in [5.74, 6) is 0.958. The highest BCUT2D eigenvalue weighted by atomic mass is 16.5. The van der Waals surface area contributed by atoms with Gasteiger partial charge < -0.3 is 20.7 Å². The molecule has 1 aliphatic rings. The van der Waals surface area contributed by atoms with E-state index < -0.39 is 0 Å². The smallest absolute Gasteiger partial charge is 0.324 e. The van der Waals surface area contributed by atoms with Crippen LogP contribution in [0.1, 0.15) is 25.3 Å². The van der Waals surface area contributed by atoms with E-state index in [-0.39, 0.29) is 18.0 Å². The molecule has 0 aliphatic carbocycles. The number of para-hydroxylation sites is 2. The summed E-state index contributed by atoms with van der Waals surface area (Å²) >= 11 is 0. The Labute approximate surface area is 163 Å². The van der Waals surface area contributed by atoms with Crippen LogP contribution in [0.5, 0.6) is 5.75 Å². The fraction of sp³-hybridized carbons (Fsp3) is 0.421. The first-order valence-electron chi connectivity index (χ1n) is 9.32. The number of hydrogen-bond acceptors (Lipinski definition) is 5. The van der Waals surface area contributed by atoms with Crippen molar-refractivity contribution in [1.29, 1.82) is 0 Å². The van der Waals surface area contributed by atoms with Gasteiger partial charge in [-0.3, -0.25) is 10.1 Å². The number of carbonyl (C=O) groups is 2. The molecule has 2 heterocycles. The maximum absolute atomic E-state index is 12.4. The number of carbonyl (C=O) groups excluding carboxylic acids is 2. The standard InChI is InChI=1S/C19H26N6O3/c1-28-16-5-3-2-4-15(16)22-19(27)23-18-6-10-21-25(18)14-7-11-24(12-8-14)13-9-17(20)26/h2-6,10,14H,7-9,11-13H2,1H3,(H2,20,26)(H2,22,23,27). The number of hydrogen-bond donors (Lipinski definition) is 3. The van der Waals surface area contributed by atoms with Crippen LogP contribution in [0.3, 0.4) is 0 Å². The normalized spacial score (nSPS) is 15.2. The van der Waals surface area contributed by atoms with Crippen molar-refractivity contribution in [3.63, 3.8) is 0 Å². The summed E-state index contributed by atoms with van der Waals surface area (Å²) in [5.41, 5.74) is 5.81. The molecule has 0 saturated carbocycles. The number of rotatable bonds is 7. The molecule has 1 saturated heterocycles. The fourth-order valence-electron chi connectivity index (χ4n) is 3.38. The van der Waals surface area contributed by atoms with Crippen molar-refractivity contribution in [2.75, 3.05) is 37.4 Å². The first kappa shape index (κ1) is 19.7. The van der Waals surface area contributed by atoms with E-state index in [1.807, 2.05) is 16.8 Å². The number of amides is 3. The van der Waals surface area contributed by atoms with Gasteiger partial charge in [-0.1, -0.05) is 12.1 Å². The minimum Gasteiger partial charge on any atom is -0.495 e. The molecule has 2 aromatic rings. The van der Waals surface area contributed by atoms with Gasteiger partial charge in [0.2, 0.25) is 5.91 Å². The predicted octanol–water partition coefficient (Wildman–Crippen LogP) is 2.05. The Bertz CT molecular complexity index is 814. The van der Waals surface area contributed by atoms with Crippen molar-refractivity contribution in [2.24, 2.45) is 5.73 Å². The Hall–Kier alpha value is -3.07. The molecule has 3 rings (SSSR count). The number of primary amides is 1. The molecule has 1 fully saturated rings. The van der Waals surface area contributed by atoms with Crippen molar-refractivity contribution in [1.82, 2.24) is 14.7 Å². The molecule has 28 heavy (non-hydrogen) atoms. The molecule has 9 heteroatoms. The highest BCUT2D eigenvalue weighted by molar-refractivity contribution is 6.00. The number of nitrogens with two attached hydrogens (primary N) is 1. The van der Waals surface area contributed by atoms with Gasteiger partial charge in [0.1, 0.15) is 11.6 Å². The highest BCUT2D eigenvalue weighted by Gasteiger charge is 2.23. The largest absolute Gasteiger partial charge is 0.495 e. The lowest BCUT2D eigenvalue weighted by Gasteiger charge is -2.32. The third-order valence-electron chi connectivity index (χ3n) is 4.84.